The van der Waals surface area contributed by atoms with Gasteiger partial charge < -0.3 is 15.4 Å². The number of hydrogen-bond acceptors (Lipinski definition) is 4. The van der Waals surface area contributed by atoms with Crippen LogP contribution in [0.4, 0.5) is 4.79 Å². The minimum atomic E-state index is -0.457. The van der Waals surface area contributed by atoms with Crippen LogP contribution in [-0.2, 0) is 4.74 Å². The molecule has 1 rings (SSSR count). The topological polar surface area (TPSA) is 50.4 Å². The largest absolute Gasteiger partial charge is 0.444 e. The molecule has 0 saturated carbocycles. The van der Waals surface area contributed by atoms with Crippen molar-refractivity contribution >= 4 is 17.9 Å². The number of rotatable bonds is 5. The van der Waals surface area contributed by atoms with E-state index in [0.717, 1.165) is 12.3 Å². The molecule has 0 aromatic heterocycles. The fourth-order valence-electron chi connectivity index (χ4n) is 2.45. The van der Waals surface area contributed by atoms with Gasteiger partial charge in [-0.2, -0.15) is 11.8 Å². The maximum absolute atomic E-state index is 12.0. The van der Waals surface area contributed by atoms with Gasteiger partial charge in [0.05, 0.1) is 0 Å². The lowest BCUT2D eigenvalue weighted by Crippen LogP contribution is -2.53. The van der Waals surface area contributed by atoms with E-state index in [1.165, 1.54) is 12.2 Å². The lowest BCUT2D eigenvalue weighted by atomic mass is 9.82. The van der Waals surface area contributed by atoms with Crippen LogP contribution in [-0.4, -0.2) is 41.8 Å². The Labute approximate surface area is 140 Å². The Morgan fingerprint density at radius 3 is 2.50 bits per heavy atom. The molecule has 0 spiro atoms. The van der Waals surface area contributed by atoms with E-state index in [-0.39, 0.29) is 12.1 Å². The molecule has 4 nitrogen and oxygen atoms in total. The SMILES string of the molecule is CC(C)C(CNC1CSCCC1(C)C)NC(=O)OC(C)(C)C. The second-order valence-electron chi connectivity index (χ2n) is 8.27. The molecular formula is C17H34N2O2S. The lowest BCUT2D eigenvalue weighted by Gasteiger charge is -2.40. The van der Waals surface area contributed by atoms with Gasteiger partial charge in [-0.25, -0.2) is 4.79 Å². The Morgan fingerprint density at radius 2 is 2.00 bits per heavy atom. The van der Waals surface area contributed by atoms with E-state index in [9.17, 15) is 4.79 Å². The number of nitrogens with one attached hydrogen (secondary N) is 2. The third-order valence-corrected chi connectivity index (χ3v) is 5.27. The summed E-state index contributed by atoms with van der Waals surface area (Å²) in [5.41, 5.74) is -0.139. The van der Waals surface area contributed by atoms with E-state index in [2.05, 4.69) is 38.3 Å². The van der Waals surface area contributed by atoms with Crippen LogP contribution in [0, 0.1) is 11.3 Å². The van der Waals surface area contributed by atoms with Gasteiger partial charge in [0.2, 0.25) is 0 Å². The molecule has 2 atom stereocenters. The highest BCUT2D eigenvalue weighted by molar-refractivity contribution is 7.99. The molecule has 0 radical (unpaired) electrons. The Balaban J connectivity index is 2.52. The first-order valence-corrected chi connectivity index (χ1v) is 9.47. The minimum Gasteiger partial charge on any atom is -0.444 e. The van der Waals surface area contributed by atoms with Gasteiger partial charge in [0.25, 0.3) is 0 Å². The second-order valence-corrected chi connectivity index (χ2v) is 9.42. The summed E-state index contributed by atoms with van der Waals surface area (Å²) >= 11 is 2.01. The first-order chi connectivity index (χ1) is 10.0. The van der Waals surface area contributed by atoms with Gasteiger partial charge in [-0.05, 0) is 44.3 Å². The number of amides is 1. The molecule has 1 aliphatic rings. The van der Waals surface area contributed by atoms with Gasteiger partial charge >= 0.3 is 6.09 Å². The molecule has 5 heteroatoms. The van der Waals surface area contributed by atoms with Gasteiger partial charge in [0.1, 0.15) is 5.60 Å². The average Bonchev–Trinajstić information content (AvgIpc) is 2.32. The molecule has 130 valence electrons. The third kappa shape index (κ3) is 6.78. The highest BCUT2D eigenvalue weighted by Gasteiger charge is 2.33. The summed E-state index contributed by atoms with van der Waals surface area (Å²) in [6.07, 6.45) is 0.909. The van der Waals surface area contributed by atoms with E-state index in [1.807, 2.05) is 32.5 Å². The Bertz CT molecular complexity index is 364. The van der Waals surface area contributed by atoms with E-state index < -0.39 is 5.60 Å². The molecule has 0 aliphatic carbocycles. The molecule has 1 fully saturated rings. The molecule has 0 aromatic carbocycles. The number of ether oxygens (including phenoxy) is 1. The van der Waals surface area contributed by atoms with Crippen molar-refractivity contribution in [3.8, 4) is 0 Å². The van der Waals surface area contributed by atoms with Crippen molar-refractivity contribution in [3.63, 3.8) is 0 Å². The van der Waals surface area contributed by atoms with Crippen molar-refractivity contribution in [2.24, 2.45) is 11.3 Å². The van der Waals surface area contributed by atoms with Crippen LogP contribution in [0.1, 0.15) is 54.9 Å². The summed E-state index contributed by atoms with van der Waals surface area (Å²) < 4.78 is 5.37. The highest BCUT2D eigenvalue weighted by Crippen LogP contribution is 2.34. The molecule has 1 saturated heterocycles. The van der Waals surface area contributed by atoms with Gasteiger partial charge in [0.15, 0.2) is 0 Å². The molecule has 0 bridgehead atoms. The quantitative estimate of drug-likeness (QED) is 0.808. The summed E-state index contributed by atoms with van der Waals surface area (Å²) in [5, 5.41) is 6.68. The lowest BCUT2D eigenvalue weighted by molar-refractivity contribution is 0.0487. The highest BCUT2D eigenvalue weighted by atomic mass is 32.2. The van der Waals surface area contributed by atoms with Gasteiger partial charge in [0, 0.05) is 24.4 Å². The summed E-state index contributed by atoms with van der Waals surface area (Å²) in [4.78, 5) is 12.0. The van der Waals surface area contributed by atoms with Crippen LogP contribution in [0.3, 0.4) is 0 Å². The van der Waals surface area contributed by atoms with E-state index >= 15 is 0 Å². The Hall–Kier alpha value is -0.420. The normalized spacial score (nSPS) is 23.2. The van der Waals surface area contributed by atoms with Crippen LogP contribution in [0.25, 0.3) is 0 Å². The van der Waals surface area contributed by atoms with E-state index in [4.69, 9.17) is 4.74 Å². The minimum absolute atomic E-state index is 0.0811. The number of carbonyl (C=O) groups is 1. The predicted octanol–water partition coefficient (Wildman–Crippen LogP) is 3.66. The van der Waals surface area contributed by atoms with Gasteiger partial charge in [-0.3, -0.25) is 0 Å². The first kappa shape index (κ1) is 19.6. The number of thioether (sulfide) groups is 1. The van der Waals surface area contributed by atoms with Gasteiger partial charge in [-0.1, -0.05) is 27.7 Å². The van der Waals surface area contributed by atoms with Crippen LogP contribution < -0.4 is 10.6 Å². The van der Waals surface area contributed by atoms with E-state index in [0.29, 0.717) is 17.4 Å². The number of hydrogen-bond donors (Lipinski definition) is 2. The van der Waals surface area contributed by atoms with Crippen molar-refractivity contribution in [2.75, 3.05) is 18.1 Å². The van der Waals surface area contributed by atoms with Crippen molar-refractivity contribution < 1.29 is 9.53 Å². The van der Waals surface area contributed by atoms with Crippen molar-refractivity contribution in [3.05, 3.63) is 0 Å². The predicted molar refractivity (Wildman–Crippen MR) is 95.5 cm³/mol. The molecular weight excluding hydrogens is 296 g/mol. The maximum atomic E-state index is 12.0. The average molecular weight is 331 g/mol. The van der Waals surface area contributed by atoms with Gasteiger partial charge in [-0.15, -0.1) is 0 Å². The second kappa shape index (κ2) is 7.91. The molecule has 2 N–H and O–H groups in total. The molecule has 1 amide bonds. The summed E-state index contributed by atoms with van der Waals surface area (Å²) in [5.74, 6) is 2.75. The summed E-state index contributed by atoms with van der Waals surface area (Å²) in [7, 11) is 0. The van der Waals surface area contributed by atoms with Crippen LogP contribution in [0.15, 0.2) is 0 Å². The maximum Gasteiger partial charge on any atom is 0.407 e. The molecule has 2 unspecified atom stereocenters. The zero-order valence-electron chi connectivity index (χ0n) is 15.3. The van der Waals surface area contributed by atoms with Crippen LogP contribution >= 0.6 is 11.8 Å². The number of alkyl carbamates (subject to hydrolysis) is 1. The van der Waals surface area contributed by atoms with Crippen molar-refractivity contribution in [1.29, 1.82) is 0 Å². The summed E-state index contributed by atoms with van der Waals surface area (Å²) in [6, 6.07) is 0.575. The summed E-state index contributed by atoms with van der Waals surface area (Å²) in [6.45, 7) is 15.4. The number of carbonyl (C=O) groups excluding carboxylic acids is 1. The van der Waals surface area contributed by atoms with E-state index in [1.54, 1.807) is 0 Å². The molecule has 1 aliphatic heterocycles. The fraction of sp³-hybridized carbons (Fsp3) is 0.941. The first-order valence-electron chi connectivity index (χ1n) is 8.32. The van der Waals surface area contributed by atoms with Crippen LogP contribution in [0.2, 0.25) is 0 Å². The zero-order valence-corrected chi connectivity index (χ0v) is 16.1. The van der Waals surface area contributed by atoms with Crippen molar-refractivity contribution in [1.82, 2.24) is 10.6 Å². The van der Waals surface area contributed by atoms with Crippen LogP contribution in [0.5, 0.6) is 0 Å². The Morgan fingerprint density at radius 1 is 1.36 bits per heavy atom. The molecule has 1 heterocycles. The molecule has 22 heavy (non-hydrogen) atoms. The monoisotopic (exact) mass is 330 g/mol. The standard InChI is InChI=1S/C17H34N2O2S/c1-12(2)13(19-15(20)21-16(3,4)5)10-18-14-11-22-9-8-17(14,6)7/h12-14,18H,8-11H2,1-7H3,(H,19,20). The van der Waals surface area contributed by atoms with Crippen molar-refractivity contribution in [2.45, 2.75) is 72.6 Å². The zero-order chi connectivity index (χ0) is 17.0. The smallest absolute Gasteiger partial charge is 0.407 e. The molecule has 0 aromatic rings. The third-order valence-electron chi connectivity index (χ3n) is 4.21. The fourth-order valence-corrected chi connectivity index (χ4v) is 4.09. The Kier molecular flexibility index (Phi) is 7.06.